The molecule has 288 valence electrons. The van der Waals surface area contributed by atoms with E-state index < -0.39 is 5.41 Å². The van der Waals surface area contributed by atoms with Gasteiger partial charge in [0.25, 0.3) is 0 Å². The standard InChI is InChI=1S/C58H41N3/c59-57(61-39-46(40-17-5-1-6-18-40)38-55(61)43-20-7-2-8-21-43)44-31-29-41(30-32-44)45-33-35-50-53(37-45)58(47-22-9-3-10-23-47,52-36-34-42-19-13-14-26-49(42)56(50)52)51-27-15-16-28-54(51)60-48-24-11-4-12-25-48/h1-39,59-60H. The van der Waals surface area contributed by atoms with Crippen LogP contribution < -0.4 is 5.32 Å². The zero-order chi connectivity index (χ0) is 40.8. The predicted molar refractivity (Wildman–Crippen MR) is 254 cm³/mol. The maximum Gasteiger partial charge on any atom is 0.136 e. The highest BCUT2D eigenvalue weighted by atomic mass is 15.0. The van der Waals surface area contributed by atoms with Crippen LogP contribution in [0.4, 0.5) is 11.4 Å². The molecule has 9 aromatic carbocycles. The van der Waals surface area contributed by atoms with Gasteiger partial charge in [0.2, 0.25) is 0 Å². The molecule has 0 aliphatic heterocycles. The lowest BCUT2D eigenvalue weighted by molar-refractivity contribution is 0.771. The smallest absolute Gasteiger partial charge is 0.136 e. The van der Waals surface area contributed by atoms with Crippen molar-refractivity contribution in [1.82, 2.24) is 4.57 Å². The van der Waals surface area contributed by atoms with Crippen LogP contribution in [-0.4, -0.2) is 10.4 Å². The second kappa shape index (κ2) is 15.0. The molecule has 61 heavy (non-hydrogen) atoms. The van der Waals surface area contributed by atoms with Crippen LogP contribution in [0.5, 0.6) is 0 Å². The largest absolute Gasteiger partial charge is 0.355 e. The molecule has 10 aromatic rings. The molecule has 1 aliphatic rings. The van der Waals surface area contributed by atoms with E-state index in [0.29, 0.717) is 5.84 Å². The molecule has 0 amide bonds. The summed E-state index contributed by atoms with van der Waals surface area (Å²) in [4.78, 5) is 0. The van der Waals surface area contributed by atoms with Crippen molar-refractivity contribution in [3.05, 3.63) is 265 Å². The minimum Gasteiger partial charge on any atom is -0.355 e. The molecule has 1 aliphatic carbocycles. The van der Waals surface area contributed by atoms with Gasteiger partial charge in [-0.05, 0) is 96.7 Å². The first-order valence-electron chi connectivity index (χ1n) is 20.8. The van der Waals surface area contributed by atoms with E-state index in [2.05, 4.69) is 230 Å². The van der Waals surface area contributed by atoms with Gasteiger partial charge in [-0.1, -0.05) is 200 Å². The summed E-state index contributed by atoms with van der Waals surface area (Å²) < 4.78 is 2.01. The number of nitrogens with zero attached hydrogens (tertiary/aromatic N) is 1. The second-order valence-corrected chi connectivity index (χ2v) is 15.8. The number of aromatic nitrogens is 1. The summed E-state index contributed by atoms with van der Waals surface area (Å²) in [6.07, 6.45) is 2.09. The number of fused-ring (bicyclic) bond motifs is 5. The highest BCUT2D eigenvalue weighted by Crippen LogP contribution is 2.59. The van der Waals surface area contributed by atoms with E-state index in [1.54, 1.807) is 0 Å². The molecular weight excluding hydrogens is 739 g/mol. The van der Waals surface area contributed by atoms with Gasteiger partial charge in [0.05, 0.1) is 11.1 Å². The monoisotopic (exact) mass is 779 g/mol. The van der Waals surface area contributed by atoms with Crippen molar-refractivity contribution in [3.8, 4) is 44.6 Å². The highest BCUT2D eigenvalue weighted by Gasteiger charge is 2.48. The summed E-state index contributed by atoms with van der Waals surface area (Å²) in [5.74, 6) is 0.425. The summed E-state index contributed by atoms with van der Waals surface area (Å²) in [5.41, 5.74) is 16.2. The van der Waals surface area contributed by atoms with E-state index in [1.807, 2.05) is 16.7 Å². The topological polar surface area (TPSA) is 40.8 Å². The number of rotatable bonds is 8. The summed E-state index contributed by atoms with van der Waals surface area (Å²) >= 11 is 0. The molecule has 3 nitrogen and oxygen atoms in total. The van der Waals surface area contributed by atoms with E-state index in [1.165, 1.54) is 44.2 Å². The number of hydrogen-bond donors (Lipinski definition) is 2. The fourth-order valence-electron chi connectivity index (χ4n) is 9.54. The van der Waals surface area contributed by atoms with Crippen LogP contribution in [0.25, 0.3) is 55.4 Å². The van der Waals surface area contributed by atoms with Crippen LogP contribution >= 0.6 is 0 Å². The van der Waals surface area contributed by atoms with Crippen LogP contribution in [0.2, 0.25) is 0 Å². The quantitative estimate of drug-likeness (QED) is 0.117. The lowest BCUT2D eigenvalue weighted by Gasteiger charge is -2.36. The molecule has 0 bridgehead atoms. The number of hydrogen-bond acceptors (Lipinski definition) is 2. The Morgan fingerprint density at radius 1 is 0.443 bits per heavy atom. The second-order valence-electron chi connectivity index (χ2n) is 15.8. The van der Waals surface area contributed by atoms with Crippen molar-refractivity contribution in [2.24, 2.45) is 0 Å². The van der Waals surface area contributed by atoms with Gasteiger partial charge in [-0.2, -0.15) is 0 Å². The van der Waals surface area contributed by atoms with Crippen LogP contribution in [0.1, 0.15) is 27.8 Å². The Bertz CT molecular complexity index is 3200. The maximum absolute atomic E-state index is 9.55. The molecule has 1 unspecified atom stereocenters. The third kappa shape index (κ3) is 6.10. The molecule has 1 heterocycles. The Balaban J connectivity index is 1.07. The Hall–Kier alpha value is -8.01. The first kappa shape index (κ1) is 36.1. The van der Waals surface area contributed by atoms with Crippen LogP contribution in [0.3, 0.4) is 0 Å². The molecule has 11 rings (SSSR count). The number of anilines is 2. The maximum atomic E-state index is 9.55. The van der Waals surface area contributed by atoms with Crippen LogP contribution in [0, 0.1) is 5.41 Å². The Kier molecular flexibility index (Phi) is 8.87. The first-order chi connectivity index (χ1) is 30.2. The zero-order valence-electron chi connectivity index (χ0n) is 33.5. The van der Waals surface area contributed by atoms with E-state index >= 15 is 0 Å². The summed E-state index contributed by atoms with van der Waals surface area (Å²) in [7, 11) is 0. The molecule has 1 atom stereocenters. The molecule has 0 spiro atoms. The third-order valence-corrected chi connectivity index (χ3v) is 12.3. The minimum absolute atomic E-state index is 0.425. The average Bonchev–Trinajstić information content (AvgIpc) is 3.92. The molecule has 1 aromatic heterocycles. The Morgan fingerprint density at radius 2 is 1.05 bits per heavy atom. The van der Waals surface area contributed by atoms with Gasteiger partial charge in [0, 0.05) is 28.7 Å². The number of nitrogens with one attached hydrogen (secondary N) is 2. The lowest BCUT2D eigenvalue weighted by atomic mass is 9.66. The third-order valence-electron chi connectivity index (χ3n) is 12.3. The van der Waals surface area contributed by atoms with Crippen molar-refractivity contribution in [2.75, 3.05) is 5.32 Å². The van der Waals surface area contributed by atoms with E-state index in [4.69, 9.17) is 0 Å². The van der Waals surface area contributed by atoms with Gasteiger partial charge >= 0.3 is 0 Å². The van der Waals surface area contributed by atoms with Crippen molar-refractivity contribution >= 4 is 28.0 Å². The molecule has 0 saturated carbocycles. The van der Waals surface area contributed by atoms with Gasteiger partial charge in [-0.25, -0.2) is 0 Å². The van der Waals surface area contributed by atoms with E-state index in [0.717, 1.165) is 50.4 Å². The molecule has 2 N–H and O–H groups in total. The summed E-state index contributed by atoms with van der Waals surface area (Å²) in [6, 6.07) is 82.1. The predicted octanol–water partition coefficient (Wildman–Crippen LogP) is 14.6. The van der Waals surface area contributed by atoms with Gasteiger partial charge in [-0.3, -0.25) is 5.41 Å². The highest BCUT2D eigenvalue weighted by molar-refractivity contribution is 6.05. The van der Waals surface area contributed by atoms with Crippen LogP contribution in [0.15, 0.2) is 237 Å². The van der Waals surface area contributed by atoms with E-state index in [-0.39, 0.29) is 0 Å². The molecule has 0 saturated heterocycles. The first-order valence-corrected chi connectivity index (χ1v) is 20.8. The van der Waals surface area contributed by atoms with Gasteiger partial charge < -0.3 is 9.88 Å². The van der Waals surface area contributed by atoms with Gasteiger partial charge in [0.1, 0.15) is 5.84 Å². The van der Waals surface area contributed by atoms with Crippen molar-refractivity contribution in [2.45, 2.75) is 5.41 Å². The van der Waals surface area contributed by atoms with Crippen molar-refractivity contribution in [3.63, 3.8) is 0 Å². The normalized spacial score (nSPS) is 14.0. The molecule has 0 fully saturated rings. The fourth-order valence-corrected chi connectivity index (χ4v) is 9.54. The van der Waals surface area contributed by atoms with Gasteiger partial charge in [0.15, 0.2) is 0 Å². The number of para-hydroxylation sites is 2. The minimum atomic E-state index is -0.634. The molecular formula is C58H41N3. The SMILES string of the molecule is N=C(c1ccc(-c2ccc3c(c2)C(c2ccccc2)(c2ccccc2Nc2ccccc2)c2ccc4ccccc4c2-3)cc1)n1cc(-c2ccccc2)cc1-c1ccccc1. The zero-order valence-corrected chi connectivity index (χ0v) is 33.5. The molecule has 0 radical (unpaired) electrons. The van der Waals surface area contributed by atoms with Crippen LogP contribution in [-0.2, 0) is 5.41 Å². The number of benzene rings is 9. The fraction of sp³-hybridized carbons (Fsp3) is 0.0172. The van der Waals surface area contributed by atoms with E-state index in [9.17, 15) is 5.41 Å². The van der Waals surface area contributed by atoms with Gasteiger partial charge in [-0.15, -0.1) is 0 Å². The lowest BCUT2D eigenvalue weighted by Crippen LogP contribution is -2.29. The summed E-state index contributed by atoms with van der Waals surface area (Å²) in [6.45, 7) is 0. The average molecular weight is 780 g/mol. The Morgan fingerprint density at radius 3 is 1.80 bits per heavy atom. The van der Waals surface area contributed by atoms with Crippen molar-refractivity contribution < 1.29 is 0 Å². The molecule has 3 heteroatoms. The van der Waals surface area contributed by atoms with Crippen molar-refractivity contribution in [1.29, 1.82) is 5.41 Å². The summed E-state index contributed by atoms with van der Waals surface area (Å²) in [5, 5.41) is 15.8. The Labute approximate surface area is 356 Å².